The smallest absolute Gasteiger partial charge is 0.150 e. The van der Waals surface area contributed by atoms with Crippen molar-refractivity contribution in [2.75, 3.05) is 0 Å². The molecule has 0 aliphatic carbocycles. The first kappa shape index (κ1) is 6.82. The molecule has 1 rings (SSSR count). The molecule has 0 bridgehead atoms. The van der Waals surface area contributed by atoms with E-state index in [0.717, 1.165) is 6.29 Å². The third kappa shape index (κ3) is 1.83. The highest BCUT2D eigenvalue weighted by atomic mass is 127. The summed E-state index contributed by atoms with van der Waals surface area (Å²) >= 11 is -0.403. The van der Waals surface area contributed by atoms with Gasteiger partial charge < -0.3 is 5.11 Å². The monoisotopic (exact) mass is 236 g/mol. The molecule has 0 aromatic rings. The van der Waals surface area contributed by atoms with E-state index in [2.05, 4.69) is 0 Å². The summed E-state index contributed by atoms with van der Waals surface area (Å²) in [6.07, 6.45) is 3.99. The van der Waals surface area contributed by atoms with Crippen molar-refractivity contribution in [2.24, 2.45) is 0 Å². The number of rotatable bonds is 1. The van der Waals surface area contributed by atoms with Gasteiger partial charge in [-0.1, -0.05) is 20.7 Å². The minimum Gasteiger partial charge on any atom is -0.355 e. The zero-order valence-electron chi connectivity index (χ0n) is 4.54. The number of hydrogen-bond acceptors (Lipinski definition) is 2. The first-order chi connectivity index (χ1) is 4.33. The van der Waals surface area contributed by atoms with Crippen LogP contribution in [0.25, 0.3) is 0 Å². The lowest BCUT2D eigenvalue weighted by Gasteiger charge is -1.93. The average Bonchev–Trinajstić information content (AvgIpc) is 1.90. The summed E-state index contributed by atoms with van der Waals surface area (Å²) in [4.78, 5) is 10.1. The maximum absolute atomic E-state index is 10.1. The summed E-state index contributed by atoms with van der Waals surface area (Å²) in [7, 11) is 0. The summed E-state index contributed by atoms with van der Waals surface area (Å²) in [5.41, 5.74) is 0.681. The molecule has 0 unspecified atom stereocenters. The molecule has 48 valence electrons. The molecule has 0 amide bonds. The lowest BCUT2D eigenvalue weighted by Crippen LogP contribution is -1.89. The van der Waals surface area contributed by atoms with E-state index in [-0.39, 0.29) is 0 Å². The molecular weight excluding hydrogens is 231 g/mol. The Balaban J connectivity index is 2.86. The SMILES string of the molecule is O=CC1=CI=C(O)C=C1. The van der Waals surface area contributed by atoms with Crippen LogP contribution in [-0.2, 0) is 4.79 Å². The van der Waals surface area contributed by atoms with Crippen LogP contribution in [0.5, 0.6) is 0 Å². The van der Waals surface area contributed by atoms with E-state index in [4.69, 9.17) is 5.11 Å². The molecule has 1 heterocycles. The fourth-order valence-corrected chi connectivity index (χ4v) is 1.84. The van der Waals surface area contributed by atoms with Crippen LogP contribution in [0, 0.1) is 0 Å². The van der Waals surface area contributed by atoms with Gasteiger partial charge in [-0.15, -0.1) is 0 Å². The highest BCUT2D eigenvalue weighted by Crippen LogP contribution is 2.12. The van der Waals surface area contributed by atoms with Crippen LogP contribution in [-0.4, -0.2) is 15.1 Å². The van der Waals surface area contributed by atoms with Crippen molar-refractivity contribution in [3.05, 3.63) is 21.8 Å². The zero-order chi connectivity index (χ0) is 6.69. The third-order valence-electron chi connectivity index (χ3n) is 0.842. The fourth-order valence-electron chi connectivity index (χ4n) is 0.422. The Morgan fingerprint density at radius 2 is 2.33 bits per heavy atom. The second kappa shape index (κ2) is 3.03. The highest BCUT2D eigenvalue weighted by molar-refractivity contribution is 14.2. The molecule has 1 N–H and O–H groups in total. The lowest BCUT2D eigenvalue weighted by molar-refractivity contribution is -0.104. The van der Waals surface area contributed by atoms with Crippen LogP contribution >= 0.6 is 20.7 Å². The maximum atomic E-state index is 10.1. The van der Waals surface area contributed by atoms with Crippen LogP contribution in [0.2, 0.25) is 0 Å². The predicted molar refractivity (Wildman–Crippen MR) is 44.2 cm³/mol. The highest BCUT2D eigenvalue weighted by Gasteiger charge is 1.93. The van der Waals surface area contributed by atoms with E-state index in [1.54, 1.807) is 16.2 Å². The van der Waals surface area contributed by atoms with E-state index in [1.165, 1.54) is 0 Å². The van der Waals surface area contributed by atoms with Crippen LogP contribution in [0.3, 0.4) is 0 Å². The summed E-state index contributed by atoms with van der Waals surface area (Å²) < 4.78 is 2.21. The van der Waals surface area contributed by atoms with E-state index >= 15 is 0 Å². The van der Waals surface area contributed by atoms with Crippen molar-refractivity contribution in [3.8, 4) is 0 Å². The van der Waals surface area contributed by atoms with Gasteiger partial charge >= 0.3 is 0 Å². The van der Waals surface area contributed by atoms with Crippen molar-refractivity contribution in [1.29, 1.82) is 0 Å². The minimum absolute atomic E-state index is 0.403. The van der Waals surface area contributed by atoms with Gasteiger partial charge in [0, 0.05) is 5.57 Å². The Morgan fingerprint density at radius 3 is 2.78 bits per heavy atom. The average molecular weight is 236 g/mol. The van der Waals surface area contributed by atoms with Crippen molar-refractivity contribution < 1.29 is 9.90 Å². The van der Waals surface area contributed by atoms with Gasteiger partial charge in [0.25, 0.3) is 0 Å². The third-order valence-corrected chi connectivity index (χ3v) is 2.87. The second-order valence-electron chi connectivity index (χ2n) is 1.49. The molecule has 9 heavy (non-hydrogen) atoms. The Hall–Kier alpha value is -0.290. The number of aldehydes is 1. The van der Waals surface area contributed by atoms with Gasteiger partial charge in [0.05, 0.1) is 0 Å². The molecule has 0 aromatic heterocycles. The van der Waals surface area contributed by atoms with Gasteiger partial charge in [0.1, 0.15) is 9.98 Å². The number of carbonyl (C=O) groups is 1. The van der Waals surface area contributed by atoms with Gasteiger partial charge in [-0.3, -0.25) is 4.79 Å². The zero-order valence-corrected chi connectivity index (χ0v) is 6.70. The van der Waals surface area contributed by atoms with Gasteiger partial charge in [0.2, 0.25) is 0 Å². The quantitative estimate of drug-likeness (QED) is 0.547. The van der Waals surface area contributed by atoms with Crippen molar-refractivity contribution in [1.82, 2.24) is 0 Å². The Labute approximate surface area is 62.6 Å². The summed E-state index contributed by atoms with van der Waals surface area (Å²) in [5, 5.41) is 8.84. The molecule has 0 saturated heterocycles. The number of aliphatic hydroxyl groups is 1. The van der Waals surface area contributed by atoms with Gasteiger partial charge in [-0.05, 0) is 16.2 Å². The molecule has 1 aliphatic heterocycles. The topological polar surface area (TPSA) is 37.3 Å². The number of hydrogen-bond donors (Lipinski definition) is 1. The molecule has 0 fully saturated rings. The Kier molecular flexibility index (Phi) is 2.29. The molecule has 0 saturated carbocycles. The molecular formula is C6H5IO2. The molecule has 3 heteroatoms. The number of aliphatic hydroxyl groups excluding tert-OH is 1. The largest absolute Gasteiger partial charge is 0.355 e. The number of carbonyl (C=O) groups excluding carboxylic acids is 1. The van der Waals surface area contributed by atoms with Crippen molar-refractivity contribution in [2.45, 2.75) is 0 Å². The van der Waals surface area contributed by atoms with Gasteiger partial charge in [-0.25, -0.2) is 0 Å². The Bertz CT molecular complexity index is 213. The molecule has 2 nitrogen and oxygen atoms in total. The normalized spacial score (nSPS) is 17.4. The Morgan fingerprint density at radius 1 is 1.56 bits per heavy atom. The summed E-state index contributed by atoms with van der Waals surface area (Å²) in [6.45, 7) is 0. The van der Waals surface area contributed by atoms with Gasteiger partial charge in [0.15, 0.2) is 0 Å². The first-order valence-corrected chi connectivity index (χ1v) is 4.68. The van der Waals surface area contributed by atoms with Gasteiger partial charge in [-0.2, -0.15) is 0 Å². The summed E-state index contributed by atoms with van der Waals surface area (Å²) in [6, 6.07) is 0. The van der Waals surface area contributed by atoms with Crippen LogP contribution in [0.4, 0.5) is 0 Å². The fraction of sp³-hybridized carbons (Fsp3) is 0. The predicted octanol–water partition coefficient (Wildman–Crippen LogP) is 1.11. The number of allylic oxidation sites excluding steroid dienone is 2. The molecule has 0 radical (unpaired) electrons. The van der Waals surface area contributed by atoms with E-state index in [0.29, 0.717) is 9.27 Å². The number of halogens is 1. The minimum atomic E-state index is -0.403. The van der Waals surface area contributed by atoms with E-state index < -0.39 is 20.7 Å². The molecule has 0 spiro atoms. The standard InChI is InChI=1S/C6H5IO2/c8-4-5-1-2-6(9)7-3-5/h1-4,9H. The van der Waals surface area contributed by atoms with Crippen LogP contribution in [0.1, 0.15) is 0 Å². The first-order valence-electron chi connectivity index (χ1n) is 2.35. The van der Waals surface area contributed by atoms with Crippen LogP contribution in [0.15, 0.2) is 21.8 Å². The van der Waals surface area contributed by atoms with Crippen molar-refractivity contribution >= 4 is 30.7 Å². The maximum Gasteiger partial charge on any atom is 0.150 e. The lowest BCUT2D eigenvalue weighted by atomic mass is 10.3. The molecule has 1 aliphatic rings. The second-order valence-corrected chi connectivity index (χ2v) is 3.84. The van der Waals surface area contributed by atoms with E-state index in [9.17, 15) is 4.79 Å². The van der Waals surface area contributed by atoms with Crippen molar-refractivity contribution in [3.63, 3.8) is 0 Å². The summed E-state index contributed by atoms with van der Waals surface area (Å²) in [5.74, 6) is 0. The van der Waals surface area contributed by atoms with E-state index in [1.807, 2.05) is 0 Å². The molecule has 0 atom stereocenters. The van der Waals surface area contributed by atoms with Crippen LogP contribution < -0.4 is 0 Å². The molecule has 0 aromatic carbocycles.